The van der Waals surface area contributed by atoms with E-state index < -0.39 is 15.0 Å². The van der Waals surface area contributed by atoms with Crippen molar-refractivity contribution < 1.29 is 17.9 Å². The van der Waals surface area contributed by atoms with Crippen molar-refractivity contribution in [1.82, 2.24) is 4.57 Å². The van der Waals surface area contributed by atoms with Gasteiger partial charge in [0.05, 0.1) is 6.10 Å². The van der Waals surface area contributed by atoms with E-state index in [9.17, 15) is 13.2 Å². The van der Waals surface area contributed by atoms with Crippen LogP contribution in [0.5, 0.6) is 0 Å². The summed E-state index contributed by atoms with van der Waals surface area (Å²) in [6.07, 6.45) is 3.77. The number of nitrogens with zero attached hydrogens (tertiary/aromatic N) is 1. The Labute approximate surface area is 116 Å². The van der Waals surface area contributed by atoms with Gasteiger partial charge in [0.2, 0.25) is 0 Å². The molecule has 1 aromatic heterocycles. The molecule has 0 N–H and O–H groups in total. The van der Waals surface area contributed by atoms with Gasteiger partial charge in [-0.1, -0.05) is 6.92 Å². The predicted octanol–water partition coefficient (Wildman–Crippen LogP) is 2.71. The lowest BCUT2D eigenvalue weighted by Gasteiger charge is -2.12. The Balaban J connectivity index is 2.33. The Hall–Kier alpha value is -1.01. The van der Waals surface area contributed by atoms with Gasteiger partial charge in [0.25, 0.3) is 9.05 Å². The lowest BCUT2D eigenvalue weighted by Crippen LogP contribution is -2.17. The van der Waals surface area contributed by atoms with Crippen molar-refractivity contribution in [2.24, 2.45) is 0 Å². The van der Waals surface area contributed by atoms with Crippen molar-refractivity contribution in [3.8, 4) is 0 Å². The molecule has 1 aliphatic rings. The second-order valence-corrected chi connectivity index (χ2v) is 7.33. The Morgan fingerprint density at radius 2 is 2.21 bits per heavy atom. The molecule has 2 rings (SSSR count). The van der Waals surface area contributed by atoms with Crippen LogP contribution >= 0.6 is 10.7 Å². The number of ether oxygens (including phenoxy) is 1. The summed E-state index contributed by atoms with van der Waals surface area (Å²) in [7, 11) is 1.48. The highest BCUT2D eigenvalue weighted by Crippen LogP contribution is 2.38. The van der Waals surface area contributed by atoms with Crippen molar-refractivity contribution in [3.05, 3.63) is 18.0 Å². The largest absolute Gasteiger partial charge is 0.458 e. The highest BCUT2D eigenvalue weighted by Gasteiger charge is 2.31. The first-order valence-electron chi connectivity index (χ1n) is 6.20. The van der Waals surface area contributed by atoms with Crippen LogP contribution in [-0.4, -0.2) is 25.1 Å². The van der Waals surface area contributed by atoms with Gasteiger partial charge in [0.1, 0.15) is 10.6 Å². The monoisotopic (exact) mass is 305 g/mol. The molecule has 1 atom stereocenters. The van der Waals surface area contributed by atoms with Crippen LogP contribution in [0.25, 0.3) is 0 Å². The van der Waals surface area contributed by atoms with Crippen LogP contribution in [0.2, 0.25) is 0 Å². The standard InChI is InChI=1S/C12H16ClNO4S/c1-3-8(2)18-12(15)11-6-10(19(13,16)17)7-14(11)9-4-5-9/h6-9H,3-5H2,1-2H3. The van der Waals surface area contributed by atoms with Gasteiger partial charge in [0, 0.05) is 22.9 Å². The SMILES string of the molecule is CCC(C)OC(=O)c1cc(S(=O)(=O)Cl)cn1C1CC1. The fraction of sp³-hybridized carbons (Fsp3) is 0.583. The first-order chi connectivity index (χ1) is 8.82. The van der Waals surface area contributed by atoms with Crippen LogP contribution in [-0.2, 0) is 13.8 Å². The maximum atomic E-state index is 12.0. The molecule has 0 spiro atoms. The Bertz CT molecular complexity index is 589. The van der Waals surface area contributed by atoms with Gasteiger partial charge in [0.15, 0.2) is 0 Å². The third kappa shape index (κ3) is 3.30. The summed E-state index contributed by atoms with van der Waals surface area (Å²) in [6, 6.07) is 1.46. The molecule has 0 amide bonds. The van der Waals surface area contributed by atoms with Crippen LogP contribution in [0.15, 0.2) is 17.2 Å². The lowest BCUT2D eigenvalue weighted by molar-refractivity contribution is 0.0321. The van der Waals surface area contributed by atoms with Crippen molar-refractivity contribution in [2.45, 2.75) is 50.2 Å². The fourth-order valence-electron chi connectivity index (χ4n) is 1.73. The number of rotatable bonds is 5. The second kappa shape index (κ2) is 5.17. The molecule has 1 heterocycles. The summed E-state index contributed by atoms with van der Waals surface area (Å²) in [5, 5.41) is 0. The number of aromatic nitrogens is 1. The Kier molecular flexibility index (Phi) is 3.92. The molecule has 0 radical (unpaired) electrons. The molecular weight excluding hydrogens is 290 g/mol. The molecule has 1 aromatic rings. The van der Waals surface area contributed by atoms with E-state index in [0.717, 1.165) is 12.8 Å². The van der Waals surface area contributed by atoms with E-state index in [1.165, 1.54) is 12.3 Å². The zero-order valence-corrected chi connectivity index (χ0v) is 12.4. The second-order valence-electron chi connectivity index (χ2n) is 4.76. The van der Waals surface area contributed by atoms with E-state index in [0.29, 0.717) is 6.42 Å². The van der Waals surface area contributed by atoms with E-state index in [1.54, 1.807) is 11.5 Å². The average Bonchev–Trinajstić information content (AvgIpc) is 3.05. The first-order valence-corrected chi connectivity index (χ1v) is 8.51. The zero-order chi connectivity index (χ0) is 14.2. The van der Waals surface area contributed by atoms with Crippen molar-refractivity contribution in [3.63, 3.8) is 0 Å². The fourth-order valence-corrected chi connectivity index (χ4v) is 2.48. The molecule has 1 unspecified atom stereocenters. The summed E-state index contributed by atoms with van der Waals surface area (Å²) in [6.45, 7) is 3.70. The number of carbonyl (C=O) groups is 1. The summed E-state index contributed by atoms with van der Waals surface area (Å²) < 4.78 is 29.6. The number of halogens is 1. The zero-order valence-electron chi connectivity index (χ0n) is 10.8. The number of carbonyl (C=O) groups excluding carboxylic acids is 1. The molecule has 0 bridgehead atoms. The number of hydrogen-bond donors (Lipinski definition) is 0. The quantitative estimate of drug-likeness (QED) is 0.620. The highest BCUT2D eigenvalue weighted by molar-refractivity contribution is 8.13. The molecule has 19 heavy (non-hydrogen) atoms. The van der Waals surface area contributed by atoms with Gasteiger partial charge in [-0.25, -0.2) is 13.2 Å². The molecule has 1 saturated carbocycles. The van der Waals surface area contributed by atoms with Gasteiger partial charge >= 0.3 is 5.97 Å². The number of esters is 1. The topological polar surface area (TPSA) is 65.4 Å². The summed E-state index contributed by atoms with van der Waals surface area (Å²) in [5.74, 6) is -0.507. The molecular formula is C12H16ClNO4S. The van der Waals surface area contributed by atoms with Gasteiger partial charge in [-0.05, 0) is 32.3 Å². The number of hydrogen-bond acceptors (Lipinski definition) is 4. The van der Waals surface area contributed by atoms with Gasteiger partial charge in [-0.15, -0.1) is 0 Å². The van der Waals surface area contributed by atoms with Gasteiger partial charge in [-0.3, -0.25) is 0 Å². The van der Waals surface area contributed by atoms with Crippen LogP contribution in [0.3, 0.4) is 0 Å². The molecule has 7 heteroatoms. The predicted molar refractivity (Wildman–Crippen MR) is 70.9 cm³/mol. The van der Waals surface area contributed by atoms with Gasteiger partial charge in [-0.2, -0.15) is 0 Å². The van der Waals surface area contributed by atoms with E-state index in [1.807, 2.05) is 6.92 Å². The van der Waals surface area contributed by atoms with Crippen LogP contribution in [0.4, 0.5) is 0 Å². The van der Waals surface area contributed by atoms with Gasteiger partial charge < -0.3 is 9.30 Å². The molecule has 1 aliphatic carbocycles. The van der Waals surface area contributed by atoms with Crippen molar-refractivity contribution in [1.29, 1.82) is 0 Å². The minimum absolute atomic E-state index is 0.0582. The summed E-state index contributed by atoms with van der Waals surface area (Å²) >= 11 is 0. The lowest BCUT2D eigenvalue weighted by atomic mass is 10.3. The maximum absolute atomic E-state index is 12.0. The average molecular weight is 306 g/mol. The summed E-state index contributed by atoms with van der Waals surface area (Å²) in [5.41, 5.74) is 0.252. The molecule has 106 valence electrons. The summed E-state index contributed by atoms with van der Waals surface area (Å²) in [4.78, 5) is 12.0. The normalized spacial score (nSPS) is 17.2. The minimum atomic E-state index is -3.83. The smallest absolute Gasteiger partial charge is 0.355 e. The molecule has 5 nitrogen and oxygen atoms in total. The van der Waals surface area contributed by atoms with Crippen LogP contribution < -0.4 is 0 Å². The van der Waals surface area contributed by atoms with E-state index in [2.05, 4.69) is 0 Å². The minimum Gasteiger partial charge on any atom is -0.458 e. The molecule has 1 fully saturated rings. The molecule has 0 aromatic carbocycles. The van der Waals surface area contributed by atoms with E-state index in [-0.39, 0.29) is 22.7 Å². The van der Waals surface area contributed by atoms with Crippen LogP contribution in [0.1, 0.15) is 49.6 Å². The Morgan fingerprint density at radius 1 is 1.58 bits per heavy atom. The maximum Gasteiger partial charge on any atom is 0.355 e. The van der Waals surface area contributed by atoms with Crippen molar-refractivity contribution in [2.75, 3.05) is 0 Å². The highest BCUT2D eigenvalue weighted by atomic mass is 35.7. The molecule has 0 aliphatic heterocycles. The van der Waals surface area contributed by atoms with Crippen molar-refractivity contribution >= 4 is 25.7 Å². The first kappa shape index (κ1) is 14.4. The third-order valence-electron chi connectivity index (χ3n) is 3.14. The Morgan fingerprint density at radius 3 is 2.68 bits per heavy atom. The van der Waals surface area contributed by atoms with E-state index >= 15 is 0 Å². The third-order valence-corrected chi connectivity index (χ3v) is 4.46. The van der Waals surface area contributed by atoms with E-state index in [4.69, 9.17) is 15.4 Å². The molecule has 0 saturated heterocycles. The van der Waals surface area contributed by atoms with Crippen LogP contribution in [0, 0.1) is 0 Å².